The fraction of sp³-hybridized carbons (Fsp3) is 0.0588. The van der Waals surface area contributed by atoms with Crippen molar-refractivity contribution in [3.05, 3.63) is 253 Å². The maximum absolute atomic E-state index is 2.63. The average molecular weight is 895 g/mol. The van der Waals surface area contributed by atoms with Crippen LogP contribution in [0.15, 0.2) is 231 Å². The van der Waals surface area contributed by atoms with Gasteiger partial charge in [-0.25, -0.2) is 0 Å². The molecule has 70 heavy (non-hydrogen) atoms. The van der Waals surface area contributed by atoms with Gasteiger partial charge >= 0.3 is 0 Å². The van der Waals surface area contributed by atoms with Crippen LogP contribution < -0.4 is 4.90 Å². The predicted octanol–water partition coefficient (Wildman–Crippen LogP) is 19.1. The van der Waals surface area contributed by atoms with Gasteiger partial charge in [0.1, 0.15) is 0 Å². The fourth-order valence-electron chi connectivity index (χ4n) is 11.1. The molecule has 0 bridgehead atoms. The number of nitrogens with zero attached hydrogens (tertiary/aromatic N) is 2. The van der Waals surface area contributed by atoms with Crippen LogP contribution >= 0.6 is 0 Å². The largest absolute Gasteiger partial charge is 0.309 e. The van der Waals surface area contributed by atoms with Crippen molar-refractivity contribution < 1.29 is 0 Å². The van der Waals surface area contributed by atoms with Gasteiger partial charge in [0, 0.05) is 43.8 Å². The summed E-state index contributed by atoms with van der Waals surface area (Å²) in [6.45, 7) is 8.68. The van der Waals surface area contributed by atoms with Gasteiger partial charge in [-0.2, -0.15) is 0 Å². The average Bonchev–Trinajstić information content (AvgIpc) is 3.73. The van der Waals surface area contributed by atoms with E-state index in [1.165, 1.54) is 82.1 Å². The number of rotatable bonds is 8. The summed E-state index contributed by atoms with van der Waals surface area (Å²) in [7, 11) is 0. The molecule has 0 saturated carbocycles. The van der Waals surface area contributed by atoms with E-state index in [0.29, 0.717) is 0 Å². The second kappa shape index (κ2) is 16.5. The van der Waals surface area contributed by atoms with Crippen molar-refractivity contribution in [1.29, 1.82) is 0 Å². The molecule has 0 N–H and O–H groups in total. The van der Waals surface area contributed by atoms with E-state index in [1.54, 1.807) is 0 Å². The molecule has 2 heteroatoms. The maximum atomic E-state index is 2.63. The van der Waals surface area contributed by atoms with Crippen LogP contribution in [0, 0.1) is 27.7 Å². The van der Waals surface area contributed by atoms with E-state index >= 15 is 0 Å². The highest BCUT2D eigenvalue weighted by Gasteiger charge is 2.29. The summed E-state index contributed by atoms with van der Waals surface area (Å²) in [6.07, 6.45) is 0. The lowest BCUT2D eigenvalue weighted by atomic mass is 9.88. The van der Waals surface area contributed by atoms with Gasteiger partial charge in [0.2, 0.25) is 0 Å². The molecule has 0 aliphatic heterocycles. The fourth-order valence-corrected chi connectivity index (χ4v) is 11.1. The van der Waals surface area contributed by atoms with Gasteiger partial charge in [-0.15, -0.1) is 0 Å². The molecular weight excluding hydrogens is 845 g/mol. The second-order valence-electron chi connectivity index (χ2n) is 19.2. The number of fused-ring (bicyclic) bond motifs is 3. The normalized spacial score (nSPS) is 11.7. The minimum atomic E-state index is 1.12. The molecule has 12 aromatic carbocycles. The van der Waals surface area contributed by atoms with Gasteiger partial charge in [0.15, 0.2) is 0 Å². The van der Waals surface area contributed by atoms with Crippen LogP contribution in [0.1, 0.15) is 22.3 Å². The van der Waals surface area contributed by atoms with Crippen LogP contribution in [0.4, 0.5) is 17.1 Å². The van der Waals surface area contributed by atoms with Gasteiger partial charge in [0.25, 0.3) is 0 Å². The van der Waals surface area contributed by atoms with Gasteiger partial charge in [-0.1, -0.05) is 229 Å². The van der Waals surface area contributed by atoms with Crippen molar-refractivity contribution in [2.45, 2.75) is 27.7 Å². The molecule has 13 aromatic rings. The summed E-state index contributed by atoms with van der Waals surface area (Å²) in [5.41, 5.74) is 21.2. The molecule has 0 saturated heterocycles. The number of benzene rings is 12. The van der Waals surface area contributed by atoms with Gasteiger partial charge in [-0.3, -0.25) is 0 Å². The Morgan fingerprint density at radius 3 is 1.07 bits per heavy atom. The van der Waals surface area contributed by atoms with E-state index < -0.39 is 0 Å². The van der Waals surface area contributed by atoms with Crippen molar-refractivity contribution in [3.8, 4) is 50.2 Å². The molecule has 0 atom stereocenters. The molecule has 332 valence electrons. The minimum absolute atomic E-state index is 1.12. The van der Waals surface area contributed by atoms with Crippen LogP contribution in [0.5, 0.6) is 0 Å². The molecule has 0 fully saturated rings. The minimum Gasteiger partial charge on any atom is -0.309 e. The van der Waals surface area contributed by atoms with E-state index in [0.717, 1.165) is 61.6 Å². The summed E-state index contributed by atoms with van der Waals surface area (Å²) >= 11 is 0. The standard InChI is InChI=1S/C68H50N2/c1-43-19-27-47(28-20-43)53-13-9-14-54(48-29-21-44(2)22-30-48)67(53)70(68-55(49-31-23-45(3)24-32-49)15-10-16-56(68)50-33-25-46(4)26-34-50)64-42-38-52-35-39-59-63(41-37-51-36-40-60(64)66(52)65(51)59)69-61-17-7-5-11-57(61)58-12-6-8-18-62(58)69/h5-42H,1-4H3. The summed E-state index contributed by atoms with van der Waals surface area (Å²) < 4.78 is 2.47. The summed E-state index contributed by atoms with van der Waals surface area (Å²) in [5.74, 6) is 0. The Morgan fingerprint density at radius 2 is 0.643 bits per heavy atom. The molecule has 0 aliphatic carbocycles. The molecule has 0 aliphatic rings. The summed E-state index contributed by atoms with van der Waals surface area (Å²) in [4.78, 5) is 2.63. The number of para-hydroxylation sites is 4. The zero-order valence-corrected chi connectivity index (χ0v) is 39.8. The number of hydrogen-bond donors (Lipinski definition) is 0. The zero-order valence-electron chi connectivity index (χ0n) is 39.8. The van der Waals surface area contributed by atoms with E-state index in [9.17, 15) is 0 Å². The van der Waals surface area contributed by atoms with E-state index in [-0.39, 0.29) is 0 Å². The van der Waals surface area contributed by atoms with Crippen molar-refractivity contribution in [1.82, 2.24) is 4.57 Å². The lowest BCUT2D eigenvalue weighted by Gasteiger charge is -2.35. The molecule has 0 spiro atoms. The SMILES string of the molecule is Cc1ccc(-c2cccc(-c3ccc(C)cc3)c2N(c2c(-c3ccc(C)cc3)cccc2-c2ccc(C)cc2)c2ccc3ccc4c(-n5c6ccccc6c6ccccc65)ccc5ccc2c3c54)cc1. The topological polar surface area (TPSA) is 8.17 Å². The van der Waals surface area contributed by atoms with Gasteiger partial charge < -0.3 is 9.47 Å². The smallest absolute Gasteiger partial charge is 0.0619 e. The number of aryl methyl sites for hydroxylation is 4. The third-order valence-electron chi connectivity index (χ3n) is 14.6. The third-order valence-corrected chi connectivity index (χ3v) is 14.6. The Kier molecular flexibility index (Phi) is 9.78. The molecule has 0 amide bonds. The molecule has 0 radical (unpaired) electrons. The Hall–Kier alpha value is -8.72. The predicted molar refractivity (Wildman–Crippen MR) is 300 cm³/mol. The van der Waals surface area contributed by atoms with E-state index in [2.05, 4.69) is 268 Å². The summed E-state index contributed by atoms with van der Waals surface area (Å²) in [6, 6.07) is 86.5. The van der Waals surface area contributed by atoms with Crippen LogP contribution in [0.25, 0.3) is 104 Å². The van der Waals surface area contributed by atoms with E-state index in [4.69, 9.17) is 0 Å². The van der Waals surface area contributed by atoms with Crippen LogP contribution in [-0.2, 0) is 0 Å². The third kappa shape index (κ3) is 6.71. The highest BCUT2D eigenvalue weighted by Crippen LogP contribution is 2.54. The number of hydrogen-bond acceptors (Lipinski definition) is 1. The lowest BCUT2D eigenvalue weighted by molar-refractivity contribution is 1.20. The molecule has 0 unspecified atom stereocenters. The molecule has 2 nitrogen and oxygen atoms in total. The Morgan fingerprint density at radius 1 is 0.286 bits per heavy atom. The first-order valence-electron chi connectivity index (χ1n) is 24.4. The second-order valence-corrected chi connectivity index (χ2v) is 19.2. The first-order valence-corrected chi connectivity index (χ1v) is 24.4. The molecule has 1 heterocycles. The van der Waals surface area contributed by atoms with E-state index in [1.807, 2.05) is 0 Å². The first-order chi connectivity index (χ1) is 34.4. The van der Waals surface area contributed by atoms with Crippen molar-refractivity contribution >= 4 is 71.2 Å². The Balaban J connectivity index is 1.19. The molecule has 13 rings (SSSR count). The number of anilines is 3. The highest BCUT2D eigenvalue weighted by atomic mass is 15.2. The lowest BCUT2D eigenvalue weighted by Crippen LogP contribution is -2.15. The van der Waals surface area contributed by atoms with Crippen LogP contribution in [-0.4, -0.2) is 4.57 Å². The zero-order chi connectivity index (χ0) is 47.0. The Labute approximate surface area is 409 Å². The quantitative estimate of drug-likeness (QED) is 0.138. The number of aromatic nitrogens is 1. The van der Waals surface area contributed by atoms with Crippen molar-refractivity contribution in [3.63, 3.8) is 0 Å². The monoisotopic (exact) mass is 894 g/mol. The first kappa shape index (κ1) is 41.5. The van der Waals surface area contributed by atoms with Crippen molar-refractivity contribution in [2.24, 2.45) is 0 Å². The van der Waals surface area contributed by atoms with Gasteiger partial charge in [-0.05, 0) is 95.8 Å². The molecule has 1 aromatic heterocycles. The maximum Gasteiger partial charge on any atom is 0.0619 e. The molecular formula is C68H50N2. The van der Waals surface area contributed by atoms with Crippen LogP contribution in [0.2, 0.25) is 0 Å². The highest BCUT2D eigenvalue weighted by molar-refractivity contribution is 6.28. The summed E-state index contributed by atoms with van der Waals surface area (Å²) in [5, 5.41) is 9.91. The van der Waals surface area contributed by atoms with Crippen LogP contribution in [0.3, 0.4) is 0 Å². The van der Waals surface area contributed by atoms with Gasteiger partial charge in [0.05, 0.1) is 33.8 Å². The van der Waals surface area contributed by atoms with Crippen molar-refractivity contribution in [2.75, 3.05) is 4.90 Å². The Bertz CT molecular complexity index is 3800.